The molecule has 1 aromatic rings. The summed E-state index contributed by atoms with van der Waals surface area (Å²) in [6.45, 7) is -4.10. The van der Waals surface area contributed by atoms with Crippen molar-refractivity contribution in [2.24, 2.45) is 5.73 Å². The van der Waals surface area contributed by atoms with E-state index in [9.17, 15) is 19.4 Å². The van der Waals surface area contributed by atoms with Crippen LogP contribution in [0, 0.1) is 11.8 Å². The number of nitrogens with two attached hydrogens (primary N) is 2. The fourth-order valence-corrected chi connectivity index (χ4v) is 1.93. The third kappa shape index (κ3) is 2.59. The quantitative estimate of drug-likeness (QED) is 0.426. The molecular formula is C11H14FN5O4. The fraction of sp³-hybridized carbons (Fsp3) is 0.545. The summed E-state index contributed by atoms with van der Waals surface area (Å²) in [4.78, 5) is 15.3. The van der Waals surface area contributed by atoms with Gasteiger partial charge in [0, 0.05) is 0 Å². The second kappa shape index (κ2) is 5.74. The van der Waals surface area contributed by atoms with Crippen LogP contribution in [0.4, 0.5) is 10.2 Å². The zero-order valence-electron chi connectivity index (χ0n) is 12.6. The van der Waals surface area contributed by atoms with Crippen molar-refractivity contribution in [1.82, 2.24) is 14.8 Å². The molecule has 21 heavy (non-hydrogen) atoms. The summed E-state index contributed by atoms with van der Waals surface area (Å²) in [6.07, 6.45) is -4.35. The normalized spacial score (nSPS) is 33.8. The zero-order chi connectivity index (χ0) is 17.4. The van der Waals surface area contributed by atoms with Gasteiger partial charge in [0.15, 0.2) is 11.8 Å². The minimum atomic E-state index is -3.00. The molecule has 0 saturated carbocycles. The lowest BCUT2D eigenvalue weighted by Crippen LogP contribution is -2.55. The second-order valence-corrected chi connectivity index (χ2v) is 4.26. The average molecular weight is 301 g/mol. The Morgan fingerprint density at radius 1 is 1.71 bits per heavy atom. The number of hydrogen-bond donors (Lipinski definition) is 4. The predicted octanol–water partition coefficient (Wildman–Crippen LogP) is -2.86. The van der Waals surface area contributed by atoms with Gasteiger partial charge in [0.1, 0.15) is 24.7 Å². The Kier molecular flexibility index (Phi) is 3.46. The minimum absolute atomic E-state index is 0.184. The van der Waals surface area contributed by atoms with E-state index in [0.29, 0.717) is 4.68 Å². The van der Waals surface area contributed by atoms with E-state index in [0.717, 1.165) is 6.20 Å². The van der Waals surface area contributed by atoms with Gasteiger partial charge in [-0.25, -0.2) is 9.18 Å². The highest BCUT2D eigenvalue weighted by Crippen LogP contribution is 2.35. The maximum Gasteiger partial charge on any atom is 0.368 e. The van der Waals surface area contributed by atoms with E-state index in [1.54, 1.807) is 0 Å². The van der Waals surface area contributed by atoms with Gasteiger partial charge in [0.05, 0.1) is 15.5 Å². The first-order valence-corrected chi connectivity index (χ1v) is 5.73. The summed E-state index contributed by atoms with van der Waals surface area (Å²) >= 11 is 0. The molecule has 1 aliphatic rings. The topological polar surface area (TPSA) is 150 Å². The molecule has 1 aliphatic heterocycles. The van der Waals surface area contributed by atoms with Gasteiger partial charge >= 0.3 is 5.69 Å². The smallest absolute Gasteiger partial charge is 0.368 e. The molecule has 0 amide bonds. The van der Waals surface area contributed by atoms with E-state index < -0.39 is 42.9 Å². The molecule has 2 heterocycles. The van der Waals surface area contributed by atoms with E-state index in [-0.39, 0.29) is 5.82 Å². The van der Waals surface area contributed by atoms with Crippen LogP contribution in [-0.4, -0.2) is 56.0 Å². The molecule has 1 unspecified atom stereocenters. The number of ether oxygens (including phenoxy) is 1. The summed E-state index contributed by atoms with van der Waals surface area (Å²) in [5.41, 5.74) is 8.11. The molecule has 9 nitrogen and oxygen atoms in total. The van der Waals surface area contributed by atoms with Crippen LogP contribution >= 0.6 is 0 Å². The standard InChI is InChI=1S/C11H14FN5O4/c12-3-1-2-11(14)8(19)6(5-18)21-9(11)17-10(20)16-7(13)4-15-17/h4,6,8-9,18-19H,3,5,14H2,(H2,13,16,20)/t6-,8+,9-,11?/m1/s1/i5D2. The van der Waals surface area contributed by atoms with Gasteiger partial charge in [-0.1, -0.05) is 11.8 Å². The molecule has 2 rings (SSSR count). The number of anilines is 1. The first-order valence-electron chi connectivity index (χ1n) is 6.73. The van der Waals surface area contributed by atoms with Gasteiger partial charge < -0.3 is 26.4 Å². The van der Waals surface area contributed by atoms with Gasteiger partial charge in [-0.15, -0.1) is 0 Å². The highest BCUT2D eigenvalue weighted by atomic mass is 19.1. The zero-order valence-corrected chi connectivity index (χ0v) is 10.6. The van der Waals surface area contributed by atoms with Crippen molar-refractivity contribution in [3.05, 3.63) is 16.7 Å². The van der Waals surface area contributed by atoms with Gasteiger partial charge in [-0.05, 0) is 0 Å². The number of hydrogen-bond acceptors (Lipinski definition) is 8. The summed E-state index contributed by atoms with van der Waals surface area (Å²) in [5.74, 6) is 4.00. The van der Waals surface area contributed by atoms with Gasteiger partial charge in [-0.2, -0.15) is 14.8 Å². The maximum atomic E-state index is 12.3. The second-order valence-electron chi connectivity index (χ2n) is 4.26. The number of rotatable bonds is 2. The molecule has 10 heteroatoms. The lowest BCUT2D eigenvalue weighted by atomic mass is 9.92. The highest BCUT2D eigenvalue weighted by Gasteiger charge is 2.55. The third-order valence-corrected chi connectivity index (χ3v) is 2.92. The maximum absolute atomic E-state index is 12.3. The predicted molar refractivity (Wildman–Crippen MR) is 68.4 cm³/mol. The van der Waals surface area contributed by atoms with Gasteiger partial charge in [0.2, 0.25) is 0 Å². The van der Waals surface area contributed by atoms with Crippen LogP contribution in [0.3, 0.4) is 0 Å². The van der Waals surface area contributed by atoms with Crippen molar-refractivity contribution in [3.63, 3.8) is 0 Å². The van der Waals surface area contributed by atoms with Crippen LogP contribution in [-0.2, 0) is 4.74 Å². The monoisotopic (exact) mass is 301 g/mol. The number of nitrogen functional groups attached to an aromatic ring is 1. The van der Waals surface area contributed by atoms with Crippen LogP contribution in [0.5, 0.6) is 0 Å². The lowest BCUT2D eigenvalue weighted by Gasteiger charge is -2.26. The third-order valence-electron chi connectivity index (χ3n) is 2.92. The Morgan fingerprint density at radius 3 is 3.00 bits per heavy atom. The van der Waals surface area contributed by atoms with Crippen LogP contribution < -0.4 is 17.2 Å². The number of alkyl halides is 1. The number of aliphatic hydroxyl groups is 2. The molecule has 0 aliphatic carbocycles. The Bertz CT molecular complexity index is 715. The molecule has 114 valence electrons. The molecule has 1 fully saturated rings. The van der Waals surface area contributed by atoms with Crippen molar-refractivity contribution in [2.45, 2.75) is 24.0 Å². The Hall–Kier alpha value is -2.06. The van der Waals surface area contributed by atoms with E-state index >= 15 is 0 Å². The molecule has 1 aromatic heterocycles. The number of aliphatic hydroxyl groups excluding tert-OH is 1. The van der Waals surface area contributed by atoms with Gasteiger partial charge in [-0.3, -0.25) is 0 Å². The van der Waals surface area contributed by atoms with Crippen molar-refractivity contribution in [1.29, 1.82) is 0 Å². The van der Waals surface area contributed by atoms with Gasteiger partial charge in [0.25, 0.3) is 0 Å². The number of halogens is 1. The van der Waals surface area contributed by atoms with E-state index in [1.165, 1.54) is 0 Å². The van der Waals surface area contributed by atoms with E-state index in [1.807, 2.05) is 5.92 Å². The molecule has 0 spiro atoms. The molecular weight excluding hydrogens is 285 g/mol. The molecule has 1 saturated heterocycles. The summed E-state index contributed by atoms with van der Waals surface area (Å²) in [7, 11) is 0. The molecule has 0 aromatic carbocycles. The van der Waals surface area contributed by atoms with Crippen LogP contribution in [0.1, 0.15) is 8.97 Å². The van der Waals surface area contributed by atoms with Crippen molar-refractivity contribution in [2.75, 3.05) is 19.0 Å². The summed E-state index contributed by atoms with van der Waals surface area (Å²) in [5, 5.41) is 23.3. The average Bonchev–Trinajstić information content (AvgIpc) is 2.70. The number of aromatic nitrogens is 3. The van der Waals surface area contributed by atoms with Crippen molar-refractivity contribution in [3.8, 4) is 11.8 Å². The number of nitrogens with zero attached hydrogens (tertiary/aromatic N) is 3. The summed E-state index contributed by atoms with van der Waals surface area (Å²) in [6, 6.07) is 0. The van der Waals surface area contributed by atoms with E-state index in [4.69, 9.17) is 18.9 Å². The minimum Gasteiger partial charge on any atom is -0.394 e. The highest BCUT2D eigenvalue weighted by molar-refractivity contribution is 5.26. The first kappa shape index (κ1) is 12.7. The van der Waals surface area contributed by atoms with Crippen LogP contribution in [0.2, 0.25) is 0 Å². The molecule has 6 N–H and O–H groups in total. The molecule has 0 radical (unpaired) electrons. The largest absolute Gasteiger partial charge is 0.394 e. The SMILES string of the molecule is [2H]C([2H])(O)[C@H]1O[C@@H](n2ncc(N)nc2=O)C(N)(C#CCF)[C@H]1O. The molecule has 4 atom stereocenters. The fourth-order valence-electron chi connectivity index (χ4n) is 1.93. The van der Waals surface area contributed by atoms with Crippen LogP contribution in [0.15, 0.2) is 11.0 Å². The Labute approximate surface area is 121 Å². The van der Waals surface area contributed by atoms with Crippen molar-refractivity contribution >= 4 is 5.82 Å². The van der Waals surface area contributed by atoms with E-state index in [2.05, 4.69) is 16.0 Å². The van der Waals surface area contributed by atoms with Crippen LogP contribution in [0.25, 0.3) is 0 Å². The first-order chi connectivity index (χ1) is 10.6. The molecule has 0 bridgehead atoms. The Balaban J connectivity index is 2.56. The lowest BCUT2D eigenvalue weighted by molar-refractivity contribution is -0.0528. The Morgan fingerprint density at radius 2 is 2.43 bits per heavy atom. The summed E-state index contributed by atoms with van der Waals surface area (Å²) < 4.78 is 32.6. The van der Waals surface area contributed by atoms with Crippen molar-refractivity contribution < 1.29 is 22.1 Å².